The van der Waals surface area contributed by atoms with Crippen molar-refractivity contribution >= 4 is 33.8 Å². The summed E-state index contributed by atoms with van der Waals surface area (Å²) in [5.41, 5.74) is 0.681. The van der Waals surface area contributed by atoms with Gasteiger partial charge >= 0.3 is 6.18 Å². The van der Waals surface area contributed by atoms with Crippen LogP contribution in [0, 0.1) is 18.3 Å². The van der Waals surface area contributed by atoms with Crippen LogP contribution in [0.25, 0.3) is 27.7 Å². The lowest BCUT2D eigenvalue weighted by atomic mass is 9.97. The molecule has 1 aromatic carbocycles. The number of ether oxygens (including phenoxy) is 1. The van der Waals surface area contributed by atoms with Gasteiger partial charge in [0.25, 0.3) is 0 Å². The fourth-order valence-electron chi connectivity index (χ4n) is 4.35. The van der Waals surface area contributed by atoms with E-state index in [2.05, 4.69) is 15.1 Å². The number of nitriles is 1. The molecule has 0 amide bonds. The van der Waals surface area contributed by atoms with Crippen LogP contribution in [0.15, 0.2) is 30.5 Å². The van der Waals surface area contributed by atoms with Gasteiger partial charge in [-0.1, -0.05) is 17.7 Å². The molecule has 0 aliphatic carbocycles. The zero-order chi connectivity index (χ0) is 24.9. The van der Waals surface area contributed by atoms with Crippen LogP contribution in [-0.4, -0.2) is 57.1 Å². The van der Waals surface area contributed by atoms with E-state index in [-0.39, 0.29) is 25.0 Å². The monoisotopic (exact) mass is 502 g/mol. The van der Waals surface area contributed by atoms with E-state index in [1.54, 1.807) is 43.5 Å². The highest BCUT2D eigenvalue weighted by Crippen LogP contribution is 2.43. The molecule has 0 radical (unpaired) electrons. The van der Waals surface area contributed by atoms with E-state index in [0.29, 0.717) is 46.1 Å². The number of alkyl halides is 3. The van der Waals surface area contributed by atoms with Crippen LogP contribution >= 0.6 is 11.6 Å². The number of anilines is 1. The highest BCUT2D eigenvalue weighted by molar-refractivity contribution is 6.31. The summed E-state index contributed by atoms with van der Waals surface area (Å²) in [7, 11) is 0. The van der Waals surface area contributed by atoms with Gasteiger partial charge in [-0.3, -0.25) is 4.98 Å². The minimum Gasteiger partial charge on any atom is -0.394 e. The molecule has 3 aromatic heterocycles. The van der Waals surface area contributed by atoms with E-state index in [0.717, 1.165) is 9.90 Å². The van der Waals surface area contributed by atoms with Gasteiger partial charge in [0, 0.05) is 35.3 Å². The normalized spacial score (nSPS) is 14.5. The van der Waals surface area contributed by atoms with Crippen LogP contribution in [0.1, 0.15) is 17.1 Å². The molecular formula is C23H18ClF3N6O2. The van der Waals surface area contributed by atoms with Gasteiger partial charge in [-0.05, 0) is 30.7 Å². The first-order valence-electron chi connectivity index (χ1n) is 10.7. The van der Waals surface area contributed by atoms with Crippen molar-refractivity contribution in [3.63, 3.8) is 0 Å². The van der Waals surface area contributed by atoms with Gasteiger partial charge < -0.3 is 14.7 Å². The summed E-state index contributed by atoms with van der Waals surface area (Å²) in [6.07, 6.45) is -3.44. The highest BCUT2D eigenvalue weighted by atomic mass is 35.5. The van der Waals surface area contributed by atoms with Crippen molar-refractivity contribution in [2.45, 2.75) is 19.2 Å². The predicted molar refractivity (Wildman–Crippen MR) is 122 cm³/mol. The van der Waals surface area contributed by atoms with E-state index >= 15 is 0 Å². The number of aromatic nitrogens is 4. The third kappa shape index (κ3) is 3.93. The van der Waals surface area contributed by atoms with Gasteiger partial charge in [0.1, 0.15) is 6.07 Å². The van der Waals surface area contributed by atoms with Crippen molar-refractivity contribution in [3.05, 3.63) is 52.6 Å². The van der Waals surface area contributed by atoms with E-state index in [1.165, 1.54) is 0 Å². The molecule has 1 fully saturated rings. The molecule has 1 N–H and O–H groups in total. The first-order valence-corrected chi connectivity index (χ1v) is 11.0. The third-order valence-electron chi connectivity index (χ3n) is 5.87. The van der Waals surface area contributed by atoms with Crippen molar-refractivity contribution in [1.82, 2.24) is 19.6 Å². The fraction of sp³-hybridized carbons (Fsp3) is 0.304. The maximum atomic E-state index is 13.7. The van der Waals surface area contributed by atoms with E-state index < -0.39 is 17.6 Å². The SMILES string of the molecule is Cc1nn2c(C#N)c(C(F)(F)F)nc2c(N2CC(OCCO)C2)c1-c1ccnc2cc(Cl)ccc12. The minimum absolute atomic E-state index is 0.0750. The molecule has 5 rings (SSSR count). The number of pyridine rings is 1. The maximum absolute atomic E-state index is 13.7. The molecule has 8 nitrogen and oxygen atoms in total. The largest absolute Gasteiger partial charge is 0.436 e. The summed E-state index contributed by atoms with van der Waals surface area (Å²) >= 11 is 6.13. The second kappa shape index (κ2) is 8.64. The summed E-state index contributed by atoms with van der Waals surface area (Å²) in [6, 6.07) is 8.58. The first kappa shape index (κ1) is 23.3. The van der Waals surface area contributed by atoms with Crippen LogP contribution in [-0.2, 0) is 10.9 Å². The van der Waals surface area contributed by atoms with Crippen LogP contribution < -0.4 is 4.90 Å². The van der Waals surface area contributed by atoms with E-state index in [1.807, 2.05) is 4.90 Å². The van der Waals surface area contributed by atoms with Crippen molar-refractivity contribution in [2.75, 3.05) is 31.2 Å². The molecule has 0 spiro atoms. The Hall–Kier alpha value is -3.46. The number of aliphatic hydroxyl groups excluding tert-OH is 1. The van der Waals surface area contributed by atoms with Crippen LogP contribution in [0.4, 0.5) is 18.9 Å². The fourth-order valence-corrected chi connectivity index (χ4v) is 4.52. The van der Waals surface area contributed by atoms with Crippen molar-refractivity contribution < 1.29 is 23.0 Å². The Kier molecular flexibility index (Phi) is 5.75. The van der Waals surface area contributed by atoms with Gasteiger partial charge in [-0.2, -0.15) is 23.5 Å². The summed E-state index contributed by atoms with van der Waals surface area (Å²) in [4.78, 5) is 10.1. The molecule has 4 heterocycles. The summed E-state index contributed by atoms with van der Waals surface area (Å²) < 4.78 is 47.7. The standard InChI is InChI=1S/C23H18ClF3N6O2/c1-12-19(16-4-5-29-17-8-13(24)2-3-15(16)17)20(32-10-14(11-32)35-7-6-34)22-30-21(23(25,26)27)18(9-28)33(22)31-12/h2-5,8,14,34H,6-7,10-11H2,1H3. The molecule has 4 aromatic rings. The topological polar surface area (TPSA) is 99.6 Å². The number of fused-ring (bicyclic) bond motifs is 2. The molecule has 1 aliphatic rings. The van der Waals surface area contributed by atoms with E-state index in [9.17, 15) is 18.4 Å². The summed E-state index contributed by atoms with van der Waals surface area (Å²) in [6.45, 7) is 2.45. The maximum Gasteiger partial charge on any atom is 0.436 e. The molecule has 12 heteroatoms. The number of hydrogen-bond acceptors (Lipinski definition) is 7. The molecule has 0 atom stereocenters. The lowest BCUT2D eigenvalue weighted by Gasteiger charge is -2.41. The zero-order valence-corrected chi connectivity index (χ0v) is 19.1. The number of nitrogens with zero attached hydrogens (tertiary/aromatic N) is 6. The lowest BCUT2D eigenvalue weighted by Crippen LogP contribution is -2.53. The summed E-state index contributed by atoms with van der Waals surface area (Å²) in [5.74, 6) is 0. The van der Waals surface area contributed by atoms with Gasteiger partial charge in [0.05, 0.1) is 36.2 Å². The Morgan fingerprint density at radius 1 is 1.29 bits per heavy atom. The second-order valence-electron chi connectivity index (χ2n) is 8.10. The zero-order valence-electron chi connectivity index (χ0n) is 18.3. The van der Waals surface area contributed by atoms with Crippen molar-refractivity contribution in [2.24, 2.45) is 0 Å². The predicted octanol–water partition coefficient (Wildman–Crippen LogP) is 3.99. The Bertz CT molecular complexity index is 1490. The first-order chi connectivity index (χ1) is 16.7. The number of aliphatic hydroxyl groups is 1. The number of rotatable bonds is 5. The van der Waals surface area contributed by atoms with Gasteiger partial charge in [0.15, 0.2) is 17.0 Å². The van der Waals surface area contributed by atoms with Crippen molar-refractivity contribution in [1.29, 1.82) is 5.26 Å². The number of halogens is 4. The van der Waals surface area contributed by atoms with Crippen molar-refractivity contribution in [3.8, 4) is 17.2 Å². The van der Waals surface area contributed by atoms with Crippen LogP contribution in [0.5, 0.6) is 0 Å². The van der Waals surface area contributed by atoms with E-state index in [4.69, 9.17) is 21.4 Å². The average molecular weight is 503 g/mol. The Morgan fingerprint density at radius 3 is 2.74 bits per heavy atom. The quantitative estimate of drug-likeness (QED) is 0.440. The van der Waals surface area contributed by atoms with Gasteiger partial charge in [0.2, 0.25) is 0 Å². The number of aryl methyl sites for hydroxylation is 1. The van der Waals surface area contributed by atoms with Gasteiger partial charge in [-0.15, -0.1) is 0 Å². The lowest BCUT2D eigenvalue weighted by molar-refractivity contribution is -0.141. The molecule has 0 bridgehead atoms. The minimum atomic E-state index is -4.83. The highest BCUT2D eigenvalue weighted by Gasteiger charge is 2.41. The Morgan fingerprint density at radius 2 is 2.06 bits per heavy atom. The second-order valence-corrected chi connectivity index (χ2v) is 8.54. The van der Waals surface area contributed by atoms with Crippen LogP contribution in [0.2, 0.25) is 5.02 Å². The Labute approximate surface area is 202 Å². The number of benzene rings is 1. The van der Waals surface area contributed by atoms with Crippen LogP contribution in [0.3, 0.4) is 0 Å². The summed E-state index contributed by atoms with van der Waals surface area (Å²) in [5, 5.41) is 24.1. The molecule has 1 aliphatic heterocycles. The molecule has 1 saturated heterocycles. The molecule has 180 valence electrons. The molecule has 0 saturated carbocycles. The molecule has 0 unspecified atom stereocenters. The Balaban J connectivity index is 1.79. The molecular weight excluding hydrogens is 485 g/mol. The number of hydrogen-bond donors (Lipinski definition) is 1. The van der Waals surface area contributed by atoms with Gasteiger partial charge in [-0.25, -0.2) is 9.50 Å². The smallest absolute Gasteiger partial charge is 0.394 e. The third-order valence-corrected chi connectivity index (χ3v) is 6.11. The number of imidazole rings is 1. The molecule has 35 heavy (non-hydrogen) atoms. The average Bonchev–Trinajstić information content (AvgIpc) is 3.16.